The third-order valence-electron chi connectivity index (χ3n) is 3.35. The number of amides is 1. The summed E-state index contributed by atoms with van der Waals surface area (Å²) in [4.78, 5) is 12.1. The molecule has 1 amide bonds. The average Bonchev–Trinajstić information content (AvgIpc) is 2.60. The van der Waals surface area contributed by atoms with Gasteiger partial charge in [0.05, 0.1) is 43.6 Å². The number of halogens is 2. The van der Waals surface area contributed by atoms with Crippen molar-refractivity contribution in [2.45, 2.75) is 0 Å². The fourth-order valence-electron chi connectivity index (χ4n) is 2.12. The van der Waals surface area contributed by atoms with Gasteiger partial charge in [0, 0.05) is 17.8 Å². The van der Waals surface area contributed by atoms with Crippen molar-refractivity contribution in [3.8, 4) is 17.2 Å². The highest BCUT2D eigenvalue weighted by atomic mass is 35.5. The molecule has 0 aromatic heterocycles. The highest BCUT2D eigenvalue weighted by Gasteiger charge is 2.11. The molecule has 0 saturated carbocycles. The Morgan fingerprint density at radius 1 is 0.920 bits per heavy atom. The minimum atomic E-state index is -0.253. The number of carbonyl (C=O) groups is 1. The zero-order chi connectivity index (χ0) is 18.4. The Morgan fingerprint density at radius 3 is 2.16 bits per heavy atom. The molecule has 134 valence electrons. The van der Waals surface area contributed by atoms with E-state index in [4.69, 9.17) is 37.4 Å². The van der Waals surface area contributed by atoms with Crippen LogP contribution in [0, 0.1) is 0 Å². The number of rotatable bonds is 7. The van der Waals surface area contributed by atoms with Crippen LogP contribution in [0.4, 0.5) is 11.4 Å². The summed E-state index contributed by atoms with van der Waals surface area (Å²) in [7, 11) is 4.55. The van der Waals surface area contributed by atoms with Gasteiger partial charge >= 0.3 is 0 Å². The highest BCUT2D eigenvalue weighted by Crippen LogP contribution is 2.35. The molecule has 0 fully saturated rings. The van der Waals surface area contributed by atoms with E-state index < -0.39 is 0 Å². The van der Waals surface area contributed by atoms with Crippen LogP contribution in [0.5, 0.6) is 17.2 Å². The van der Waals surface area contributed by atoms with Crippen molar-refractivity contribution in [2.24, 2.45) is 0 Å². The zero-order valence-electron chi connectivity index (χ0n) is 14.0. The predicted molar refractivity (Wildman–Crippen MR) is 99.7 cm³/mol. The summed E-state index contributed by atoms with van der Waals surface area (Å²) >= 11 is 12.1. The van der Waals surface area contributed by atoms with Crippen LogP contribution < -0.4 is 24.8 Å². The quantitative estimate of drug-likeness (QED) is 0.752. The molecule has 0 radical (unpaired) electrons. The van der Waals surface area contributed by atoms with Crippen LogP contribution in [0.2, 0.25) is 10.0 Å². The molecule has 0 heterocycles. The second kappa shape index (κ2) is 8.69. The second-order valence-corrected chi connectivity index (χ2v) is 5.75. The van der Waals surface area contributed by atoms with Crippen molar-refractivity contribution in [3.05, 3.63) is 40.4 Å². The second-order valence-electron chi connectivity index (χ2n) is 4.94. The molecule has 2 N–H and O–H groups in total. The molecular formula is C17H18Cl2N2O4. The Balaban J connectivity index is 2.03. The topological polar surface area (TPSA) is 68.8 Å². The van der Waals surface area contributed by atoms with Crippen LogP contribution in [0.15, 0.2) is 30.3 Å². The third kappa shape index (κ3) is 4.84. The van der Waals surface area contributed by atoms with Crippen LogP contribution in [0.1, 0.15) is 0 Å². The number of methoxy groups -OCH3 is 3. The Labute approximate surface area is 156 Å². The van der Waals surface area contributed by atoms with Crippen molar-refractivity contribution in [3.63, 3.8) is 0 Å². The SMILES string of the molecule is COc1ccc(NC(=O)CNc2cc(OC)c(Cl)cc2OC)cc1Cl. The maximum absolute atomic E-state index is 12.1. The van der Waals surface area contributed by atoms with E-state index in [9.17, 15) is 4.79 Å². The molecular weight excluding hydrogens is 367 g/mol. The van der Waals surface area contributed by atoms with E-state index in [1.54, 1.807) is 30.3 Å². The van der Waals surface area contributed by atoms with E-state index in [0.717, 1.165) is 0 Å². The normalized spacial score (nSPS) is 10.1. The molecule has 0 spiro atoms. The summed E-state index contributed by atoms with van der Waals surface area (Å²) in [5, 5.41) is 6.57. The standard InChI is InChI=1S/C17H18Cl2N2O4/c1-23-14-5-4-10(6-11(14)18)21-17(22)9-20-13-8-15(24-2)12(19)7-16(13)25-3/h4-8,20H,9H2,1-3H3,(H,21,22). The van der Waals surface area contributed by atoms with Gasteiger partial charge in [0.25, 0.3) is 0 Å². The fourth-order valence-corrected chi connectivity index (χ4v) is 2.61. The molecule has 2 rings (SSSR count). The first-order chi connectivity index (χ1) is 12.0. The molecule has 0 bridgehead atoms. The number of anilines is 2. The maximum atomic E-state index is 12.1. The van der Waals surface area contributed by atoms with Gasteiger partial charge in [-0.05, 0) is 18.2 Å². The first-order valence-corrected chi connectivity index (χ1v) is 8.02. The Hall–Kier alpha value is -2.31. The zero-order valence-corrected chi connectivity index (χ0v) is 15.5. The van der Waals surface area contributed by atoms with E-state index in [2.05, 4.69) is 10.6 Å². The van der Waals surface area contributed by atoms with Crippen LogP contribution in [0.3, 0.4) is 0 Å². The molecule has 0 aliphatic carbocycles. The molecule has 6 nitrogen and oxygen atoms in total. The van der Waals surface area contributed by atoms with Gasteiger partial charge in [0.2, 0.25) is 5.91 Å². The van der Waals surface area contributed by atoms with E-state index >= 15 is 0 Å². The van der Waals surface area contributed by atoms with Gasteiger partial charge in [0.15, 0.2) is 0 Å². The van der Waals surface area contributed by atoms with Gasteiger partial charge in [0.1, 0.15) is 17.2 Å². The molecule has 25 heavy (non-hydrogen) atoms. The van der Waals surface area contributed by atoms with Gasteiger partial charge in [-0.15, -0.1) is 0 Å². The minimum absolute atomic E-state index is 0.0186. The first kappa shape index (κ1) is 19.0. The molecule has 0 saturated heterocycles. The Bertz CT molecular complexity index is 769. The van der Waals surface area contributed by atoms with Gasteiger partial charge in [-0.1, -0.05) is 23.2 Å². The van der Waals surface area contributed by atoms with Crippen LogP contribution >= 0.6 is 23.2 Å². The maximum Gasteiger partial charge on any atom is 0.243 e. The van der Waals surface area contributed by atoms with Crippen molar-refractivity contribution in [2.75, 3.05) is 38.5 Å². The third-order valence-corrected chi connectivity index (χ3v) is 3.94. The smallest absolute Gasteiger partial charge is 0.243 e. The number of hydrogen-bond acceptors (Lipinski definition) is 5. The minimum Gasteiger partial charge on any atom is -0.495 e. The summed E-state index contributed by atoms with van der Waals surface area (Å²) in [6.07, 6.45) is 0. The largest absolute Gasteiger partial charge is 0.495 e. The van der Waals surface area contributed by atoms with Crippen LogP contribution in [-0.2, 0) is 4.79 Å². The van der Waals surface area contributed by atoms with Crippen LogP contribution in [-0.4, -0.2) is 33.8 Å². The summed E-state index contributed by atoms with van der Waals surface area (Å²) < 4.78 is 15.5. The van der Waals surface area contributed by atoms with E-state index in [1.165, 1.54) is 21.3 Å². The highest BCUT2D eigenvalue weighted by molar-refractivity contribution is 6.32. The lowest BCUT2D eigenvalue weighted by atomic mass is 10.2. The number of nitrogens with one attached hydrogen (secondary N) is 2. The van der Waals surface area contributed by atoms with Gasteiger partial charge in [-0.3, -0.25) is 4.79 Å². The number of benzene rings is 2. The molecule has 0 aliphatic heterocycles. The van der Waals surface area contributed by atoms with Crippen molar-refractivity contribution >= 4 is 40.5 Å². The fraction of sp³-hybridized carbons (Fsp3) is 0.235. The molecule has 0 unspecified atom stereocenters. The van der Waals surface area contributed by atoms with Gasteiger partial charge < -0.3 is 24.8 Å². The van der Waals surface area contributed by atoms with Crippen molar-refractivity contribution in [1.82, 2.24) is 0 Å². The molecule has 2 aromatic rings. The first-order valence-electron chi connectivity index (χ1n) is 7.27. The van der Waals surface area contributed by atoms with Gasteiger partial charge in [-0.25, -0.2) is 0 Å². The summed E-state index contributed by atoms with van der Waals surface area (Å²) in [5.41, 5.74) is 1.16. The lowest BCUT2D eigenvalue weighted by Gasteiger charge is -2.14. The lowest BCUT2D eigenvalue weighted by Crippen LogP contribution is -2.22. The monoisotopic (exact) mass is 384 g/mol. The van der Waals surface area contributed by atoms with Crippen molar-refractivity contribution in [1.29, 1.82) is 0 Å². The average molecular weight is 385 g/mol. The number of carbonyl (C=O) groups excluding carboxylic acids is 1. The van der Waals surface area contributed by atoms with Crippen molar-refractivity contribution < 1.29 is 19.0 Å². The summed E-state index contributed by atoms with van der Waals surface area (Å²) in [5.74, 6) is 1.27. The van der Waals surface area contributed by atoms with Crippen LogP contribution in [0.25, 0.3) is 0 Å². The Kier molecular flexibility index (Phi) is 6.61. The molecule has 2 aromatic carbocycles. The van der Waals surface area contributed by atoms with E-state index in [0.29, 0.717) is 38.7 Å². The predicted octanol–water partition coefficient (Wildman–Crippen LogP) is 4.07. The number of ether oxygens (including phenoxy) is 3. The van der Waals surface area contributed by atoms with Gasteiger partial charge in [-0.2, -0.15) is 0 Å². The summed E-state index contributed by atoms with van der Waals surface area (Å²) in [6, 6.07) is 8.28. The molecule has 0 atom stereocenters. The number of hydrogen-bond donors (Lipinski definition) is 2. The van der Waals surface area contributed by atoms with E-state index in [-0.39, 0.29) is 12.5 Å². The molecule has 0 aliphatic rings. The molecule has 8 heteroatoms. The summed E-state index contributed by atoms with van der Waals surface area (Å²) in [6.45, 7) is 0.0186. The lowest BCUT2D eigenvalue weighted by molar-refractivity contribution is -0.114. The Morgan fingerprint density at radius 2 is 1.56 bits per heavy atom. The van der Waals surface area contributed by atoms with E-state index in [1.807, 2.05) is 0 Å².